The number of benzene rings is 1. The van der Waals surface area contributed by atoms with E-state index < -0.39 is 9.73 Å². The van der Waals surface area contributed by atoms with E-state index in [4.69, 9.17) is 9.52 Å². The Balaban J connectivity index is 2.28. The topological polar surface area (TPSA) is 50.2 Å². The van der Waals surface area contributed by atoms with Crippen LogP contribution in [0, 0.1) is 4.78 Å². The van der Waals surface area contributed by atoms with Gasteiger partial charge in [-0.3, -0.25) is 0 Å². The molecule has 0 bridgehead atoms. The van der Waals surface area contributed by atoms with Crippen molar-refractivity contribution in [2.24, 2.45) is 0 Å². The molecule has 0 aromatic heterocycles. The lowest BCUT2D eigenvalue weighted by Crippen LogP contribution is -2.40. The van der Waals surface area contributed by atoms with Crippen molar-refractivity contribution in [3.05, 3.63) is 29.8 Å². The molecule has 1 heterocycles. The molecule has 1 atom stereocenters. The summed E-state index contributed by atoms with van der Waals surface area (Å²) >= 11 is 0. The van der Waals surface area contributed by atoms with Crippen LogP contribution >= 0.6 is 0 Å². The van der Waals surface area contributed by atoms with Gasteiger partial charge in [-0.15, -0.1) is 0 Å². The first-order chi connectivity index (χ1) is 7.14. The zero-order valence-corrected chi connectivity index (χ0v) is 9.55. The van der Waals surface area contributed by atoms with Gasteiger partial charge in [-0.25, -0.2) is 8.99 Å². The van der Waals surface area contributed by atoms with Crippen LogP contribution in [0.4, 0.5) is 0 Å². The molecule has 0 radical (unpaired) electrons. The SMILES string of the molecule is CCc1ccc(S(=N)(=O)C2COC2)cc1. The molecule has 1 aromatic carbocycles. The monoisotopic (exact) mass is 225 g/mol. The van der Waals surface area contributed by atoms with Gasteiger partial charge in [-0.05, 0) is 24.1 Å². The molecule has 0 spiro atoms. The number of nitrogens with one attached hydrogen (secondary N) is 1. The van der Waals surface area contributed by atoms with Gasteiger partial charge < -0.3 is 4.74 Å². The first-order valence-corrected chi connectivity index (χ1v) is 6.71. The van der Waals surface area contributed by atoms with Crippen LogP contribution in [-0.2, 0) is 20.9 Å². The third-order valence-electron chi connectivity index (χ3n) is 2.76. The van der Waals surface area contributed by atoms with E-state index in [1.807, 2.05) is 24.3 Å². The minimum absolute atomic E-state index is 0.120. The summed E-state index contributed by atoms with van der Waals surface area (Å²) in [7, 11) is -2.65. The highest BCUT2D eigenvalue weighted by Crippen LogP contribution is 2.22. The summed E-state index contributed by atoms with van der Waals surface area (Å²) in [5, 5.41) is -0.120. The van der Waals surface area contributed by atoms with Crippen LogP contribution in [0.15, 0.2) is 29.2 Å². The van der Waals surface area contributed by atoms with Crippen molar-refractivity contribution >= 4 is 9.73 Å². The molecule has 1 N–H and O–H groups in total. The molecule has 1 saturated heterocycles. The first kappa shape index (κ1) is 10.6. The second-order valence-electron chi connectivity index (χ2n) is 3.76. The fourth-order valence-corrected chi connectivity index (χ4v) is 3.03. The Labute approximate surface area is 90.4 Å². The maximum absolute atomic E-state index is 12.2. The second kappa shape index (κ2) is 3.94. The van der Waals surface area contributed by atoms with Crippen LogP contribution in [0.5, 0.6) is 0 Å². The highest BCUT2D eigenvalue weighted by molar-refractivity contribution is 7.93. The van der Waals surface area contributed by atoms with Crippen LogP contribution in [0.25, 0.3) is 0 Å². The van der Waals surface area contributed by atoms with Crippen molar-refractivity contribution in [3.63, 3.8) is 0 Å². The predicted octanol–water partition coefficient (Wildman–Crippen LogP) is 2.05. The Hall–Kier alpha value is -0.870. The molecular weight excluding hydrogens is 210 g/mol. The van der Waals surface area contributed by atoms with Gasteiger partial charge in [0.15, 0.2) is 0 Å². The molecule has 4 heteroatoms. The van der Waals surface area contributed by atoms with Crippen LogP contribution in [0.3, 0.4) is 0 Å². The second-order valence-corrected chi connectivity index (χ2v) is 6.10. The molecule has 0 aliphatic carbocycles. The van der Waals surface area contributed by atoms with E-state index in [1.54, 1.807) is 0 Å². The van der Waals surface area contributed by atoms with Gasteiger partial charge in [0.1, 0.15) is 0 Å². The minimum Gasteiger partial charge on any atom is -0.379 e. The summed E-state index contributed by atoms with van der Waals surface area (Å²) < 4.78 is 25.0. The molecule has 2 rings (SSSR count). The Bertz CT molecular complexity index is 432. The van der Waals surface area contributed by atoms with E-state index in [0.29, 0.717) is 18.1 Å². The average Bonchev–Trinajstić information content (AvgIpc) is 2.14. The first-order valence-electron chi connectivity index (χ1n) is 5.09. The van der Waals surface area contributed by atoms with Gasteiger partial charge >= 0.3 is 0 Å². The standard InChI is InChI=1S/C11H15NO2S/c1-2-9-3-5-10(6-4-9)15(12,13)11-7-14-8-11/h3-6,11-12H,2,7-8H2,1H3. The zero-order valence-electron chi connectivity index (χ0n) is 8.73. The van der Waals surface area contributed by atoms with E-state index in [1.165, 1.54) is 5.56 Å². The highest BCUT2D eigenvalue weighted by Gasteiger charge is 2.30. The molecule has 1 unspecified atom stereocenters. The molecule has 82 valence electrons. The summed E-state index contributed by atoms with van der Waals surface area (Å²) in [6, 6.07) is 7.52. The van der Waals surface area contributed by atoms with Gasteiger partial charge in [0.2, 0.25) is 0 Å². The van der Waals surface area contributed by atoms with Crippen LogP contribution in [0.1, 0.15) is 12.5 Å². The maximum Gasteiger partial charge on any atom is 0.0939 e. The normalized spacial score (nSPS) is 20.6. The molecule has 0 amide bonds. The predicted molar refractivity (Wildman–Crippen MR) is 59.6 cm³/mol. The van der Waals surface area contributed by atoms with Crippen molar-refractivity contribution in [3.8, 4) is 0 Å². The number of aryl methyl sites for hydroxylation is 1. The number of rotatable bonds is 3. The van der Waals surface area contributed by atoms with Crippen LogP contribution in [0.2, 0.25) is 0 Å². The van der Waals surface area contributed by atoms with Crippen molar-refractivity contribution in [1.82, 2.24) is 0 Å². The van der Waals surface area contributed by atoms with Gasteiger partial charge in [0, 0.05) is 4.90 Å². The summed E-state index contributed by atoms with van der Waals surface area (Å²) in [4.78, 5) is 0.632. The number of ether oxygens (including phenoxy) is 1. The molecular formula is C11H15NO2S. The largest absolute Gasteiger partial charge is 0.379 e. The van der Waals surface area contributed by atoms with E-state index in [9.17, 15) is 4.21 Å². The summed E-state index contributed by atoms with van der Waals surface area (Å²) in [6.07, 6.45) is 0.964. The van der Waals surface area contributed by atoms with Crippen molar-refractivity contribution in [1.29, 1.82) is 4.78 Å². The Morgan fingerprint density at radius 1 is 1.40 bits per heavy atom. The highest BCUT2D eigenvalue weighted by atomic mass is 32.2. The lowest BCUT2D eigenvalue weighted by molar-refractivity contribution is 0.0427. The van der Waals surface area contributed by atoms with Crippen molar-refractivity contribution in [2.45, 2.75) is 23.5 Å². The molecule has 1 fully saturated rings. The number of hydrogen-bond acceptors (Lipinski definition) is 3. The van der Waals surface area contributed by atoms with E-state index in [-0.39, 0.29) is 5.25 Å². The van der Waals surface area contributed by atoms with Crippen LogP contribution < -0.4 is 0 Å². The Morgan fingerprint density at radius 2 is 2.00 bits per heavy atom. The van der Waals surface area contributed by atoms with E-state index >= 15 is 0 Å². The third-order valence-corrected chi connectivity index (χ3v) is 4.94. The molecule has 15 heavy (non-hydrogen) atoms. The molecule has 0 saturated carbocycles. The molecule has 1 aliphatic heterocycles. The van der Waals surface area contributed by atoms with Gasteiger partial charge in [0.05, 0.1) is 28.2 Å². The zero-order chi connectivity index (χ0) is 10.9. The summed E-state index contributed by atoms with van der Waals surface area (Å²) in [5.74, 6) is 0. The fourth-order valence-electron chi connectivity index (χ4n) is 1.53. The van der Waals surface area contributed by atoms with Gasteiger partial charge in [-0.1, -0.05) is 19.1 Å². The quantitative estimate of drug-likeness (QED) is 0.856. The van der Waals surface area contributed by atoms with Crippen molar-refractivity contribution < 1.29 is 8.95 Å². The van der Waals surface area contributed by atoms with E-state index in [2.05, 4.69) is 6.92 Å². The Kier molecular flexibility index (Phi) is 2.80. The van der Waals surface area contributed by atoms with Gasteiger partial charge in [-0.2, -0.15) is 0 Å². The maximum atomic E-state index is 12.2. The lowest BCUT2D eigenvalue weighted by Gasteiger charge is -2.27. The lowest BCUT2D eigenvalue weighted by atomic mass is 10.2. The molecule has 1 aromatic rings. The van der Waals surface area contributed by atoms with Gasteiger partial charge in [0.25, 0.3) is 0 Å². The number of hydrogen-bond donors (Lipinski definition) is 1. The summed E-state index contributed by atoms with van der Waals surface area (Å²) in [5.41, 5.74) is 1.21. The van der Waals surface area contributed by atoms with Crippen molar-refractivity contribution in [2.75, 3.05) is 13.2 Å². The third kappa shape index (κ3) is 1.92. The summed E-state index contributed by atoms with van der Waals surface area (Å²) in [6.45, 7) is 2.99. The molecule has 3 nitrogen and oxygen atoms in total. The molecule has 1 aliphatic rings. The van der Waals surface area contributed by atoms with E-state index in [0.717, 1.165) is 6.42 Å². The smallest absolute Gasteiger partial charge is 0.0939 e. The minimum atomic E-state index is -2.65. The van der Waals surface area contributed by atoms with Crippen LogP contribution in [-0.4, -0.2) is 22.7 Å². The Morgan fingerprint density at radius 3 is 2.40 bits per heavy atom. The fraction of sp³-hybridized carbons (Fsp3) is 0.455. The average molecular weight is 225 g/mol.